The maximum absolute atomic E-state index is 13.0. The van der Waals surface area contributed by atoms with Crippen LogP contribution in [0.25, 0.3) is 0 Å². The Morgan fingerprint density at radius 1 is 1.12 bits per heavy atom. The number of hydrogen-bond acceptors (Lipinski definition) is 5. The third kappa shape index (κ3) is 4.26. The van der Waals surface area contributed by atoms with Crippen molar-refractivity contribution in [2.45, 2.75) is 13.0 Å². The molecule has 136 valence electrons. The zero-order chi connectivity index (χ0) is 18.5. The van der Waals surface area contributed by atoms with Gasteiger partial charge in [-0.15, -0.1) is 0 Å². The Morgan fingerprint density at radius 3 is 2.58 bits per heavy atom. The monoisotopic (exact) mass is 375 g/mol. The molecule has 1 aliphatic rings. The van der Waals surface area contributed by atoms with Crippen LogP contribution in [0.1, 0.15) is 22.3 Å². The molecule has 2 aromatic rings. The van der Waals surface area contributed by atoms with E-state index in [4.69, 9.17) is 21.1 Å². The molecule has 0 saturated heterocycles. The maximum atomic E-state index is 13.0. The number of rotatable bonds is 6. The largest absolute Gasteiger partial charge is 0.469 e. The molecule has 26 heavy (non-hydrogen) atoms. The summed E-state index contributed by atoms with van der Waals surface area (Å²) in [6, 6.07) is 12.3. The molecule has 0 unspecified atom stereocenters. The number of amides is 1. The summed E-state index contributed by atoms with van der Waals surface area (Å²) in [5.41, 5.74) is 1.38. The summed E-state index contributed by atoms with van der Waals surface area (Å²) in [5.74, 6) is 0.572. The Bertz CT molecular complexity index is 806. The minimum Gasteiger partial charge on any atom is -0.469 e. The fourth-order valence-corrected chi connectivity index (χ4v) is 2.73. The lowest BCUT2D eigenvalue weighted by Crippen LogP contribution is -2.32. The lowest BCUT2D eigenvalue weighted by atomic mass is 10.1. The minimum absolute atomic E-state index is 0.111. The van der Waals surface area contributed by atoms with Gasteiger partial charge >= 0.3 is 5.97 Å². The van der Waals surface area contributed by atoms with E-state index in [1.165, 1.54) is 7.11 Å². The molecule has 0 radical (unpaired) electrons. The van der Waals surface area contributed by atoms with Crippen LogP contribution < -0.4 is 9.47 Å². The zero-order valence-corrected chi connectivity index (χ0v) is 15.0. The average Bonchev–Trinajstić information content (AvgIpc) is 3.13. The SMILES string of the molecule is COC(=O)CCN(Cc1ccc(Cl)cc1)C(=O)c1ccc2c(c1)OCO2. The average molecular weight is 376 g/mol. The highest BCUT2D eigenvalue weighted by Gasteiger charge is 2.21. The van der Waals surface area contributed by atoms with E-state index in [1.807, 2.05) is 12.1 Å². The van der Waals surface area contributed by atoms with Crippen molar-refractivity contribution in [3.63, 3.8) is 0 Å². The first kappa shape index (κ1) is 18.1. The van der Waals surface area contributed by atoms with Gasteiger partial charge in [0.15, 0.2) is 11.5 Å². The molecular weight excluding hydrogens is 358 g/mol. The fraction of sp³-hybridized carbons (Fsp3) is 0.263. The van der Waals surface area contributed by atoms with Crippen LogP contribution in [0, 0.1) is 0 Å². The Kier molecular flexibility index (Phi) is 5.63. The van der Waals surface area contributed by atoms with Gasteiger partial charge in [0.1, 0.15) is 0 Å². The summed E-state index contributed by atoms with van der Waals surface area (Å²) in [6.07, 6.45) is 0.111. The van der Waals surface area contributed by atoms with Crippen LogP contribution in [0.5, 0.6) is 11.5 Å². The lowest BCUT2D eigenvalue weighted by molar-refractivity contribution is -0.140. The first-order valence-electron chi connectivity index (χ1n) is 8.07. The summed E-state index contributed by atoms with van der Waals surface area (Å²) in [6.45, 7) is 0.730. The highest BCUT2D eigenvalue weighted by atomic mass is 35.5. The van der Waals surface area contributed by atoms with Crippen molar-refractivity contribution < 1.29 is 23.8 Å². The molecule has 0 N–H and O–H groups in total. The van der Waals surface area contributed by atoms with Gasteiger partial charge in [0.25, 0.3) is 5.91 Å². The first-order chi connectivity index (χ1) is 12.6. The highest BCUT2D eigenvalue weighted by molar-refractivity contribution is 6.30. The number of carbonyl (C=O) groups is 2. The normalized spacial score (nSPS) is 11.9. The van der Waals surface area contributed by atoms with E-state index in [9.17, 15) is 9.59 Å². The molecular formula is C19H18ClNO5. The van der Waals surface area contributed by atoms with E-state index in [1.54, 1.807) is 35.2 Å². The fourth-order valence-electron chi connectivity index (χ4n) is 2.60. The number of methoxy groups -OCH3 is 1. The molecule has 0 aliphatic carbocycles. The van der Waals surface area contributed by atoms with Crippen molar-refractivity contribution in [2.75, 3.05) is 20.4 Å². The molecule has 6 nitrogen and oxygen atoms in total. The molecule has 1 heterocycles. The number of carbonyl (C=O) groups excluding carboxylic acids is 2. The molecule has 0 saturated carbocycles. The molecule has 3 rings (SSSR count). The van der Waals surface area contributed by atoms with Gasteiger partial charge in [-0.3, -0.25) is 9.59 Å². The van der Waals surface area contributed by atoms with Crippen molar-refractivity contribution in [1.82, 2.24) is 4.90 Å². The summed E-state index contributed by atoms with van der Waals surface area (Å²) >= 11 is 5.91. The van der Waals surface area contributed by atoms with Gasteiger partial charge in [0, 0.05) is 23.7 Å². The summed E-state index contributed by atoms with van der Waals surface area (Å²) < 4.78 is 15.3. The first-order valence-corrected chi connectivity index (χ1v) is 8.45. The second-order valence-corrected chi connectivity index (χ2v) is 6.18. The zero-order valence-electron chi connectivity index (χ0n) is 14.2. The van der Waals surface area contributed by atoms with E-state index in [-0.39, 0.29) is 31.6 Å². The van der Waals surface area contributed by atoms with Gasteiger partial charge in [-0.25, -0.2) is 0 Å². The Balaban J connectivity index is 1.79. The molecule has 1 amide bonds. The molecule has 0 aromatic heterocycles. The quantitative estimate of drug-likeness (QED) is 0.725. The van der Waals surface area contributed by atoms with Crippen molar-refractivity contribution in [1.29, 1.82) is 0 Å². The van der Waals surface area contributed by atoms with E-state index in [0.29, 0.717) is 28.6 Å². The number of hydrogen-bond donors (Lipinski definition) is 0. The van der Waals surface area contributed by atoms with Crippen LogP contribution in [-0.2, 0) is 16.1 Å². The van der Waals surface area contributed by atoms with Gasteiger partial charge in [-0.05, 0) is 35.9 Å². The second-order valence-electron chi connectivity index (χ2n) is 5.75. The molecule has 0 bridgehead atoms. The van der Waals surface area contributed by atoms with Gasteiger partial charge in [0.05, 0.1) is 13.5 Å². The molecule has 0 fully saturated rings. The highest BCUT2D eigenvalue weighted by Crippen LogP contribution is 2.33. The Morgan fingerprint density at radius 2 is 1.85 bits per heavy atom. The molecule has 2 aromatic carbocycles. The minimum atomic E-state index is -0.371. The summed E-state index contributed by atoms with van der Waals surface area (Å²) in [5, 5.41) is 0.622. The molecule has 1 aliphatic heterocycles. The van der Waals surface area contributed by atoms with Crippen LogP contribution in [0.2, 0.25) is 5.02 Å². The maximum Gasteiger partial charge on any atom is 0.307 e. The van der Waals surface area contributed by atoms with Gasteiger partial charge in [-0.1, -0.05) is 23.7 Å². The van der Waals surface area contributed by atoms with Crippen molar-refractivity contribution in [3.05, 3.63) is 58.6 Å². The van der Waals surface area contributed by atoms with Crippen LogP contribution in [0.4, 0.5) is 0 Å². The van der Waals surface area contributed by atoms with Crippen LogP contribution in [0.3, 0.4) is 0 Å². The number of benzene rings is 2. The number of fused-ring (bicyclic) bond motifs is 1. The van der Waals surface area contributed by atoms with Crippen LogP contribution >= 0.6 is 11.6 Å². The predicted molar refractivity (Wildman–Crippen MR) is 95.4 cm³/mol. The van der Waals surface area contributed by atoms with E-state index in [2.05, 4.69) is 4.74 Å². The van der Waals surface area contributed by atoms with Gasteiger partial charge < -0.3 is 19.1 Å². The van der Waals surface area contributed by atoms with Gasteiger partial charge in [-0.2, -0.15) is 0 Å². The third-order valence-electron chi connectivity index (χ3n) is 4.01. The van der Waals surface area contributed by atoms with Crippen molar-refractivity contribution in [2.24, 2.45) is 0 Å². The number of ether oxygens (including phenoxy) is 3. The number of nitrogens with zero attached hydrogens (tertiary/aromatic N) is 1. The number of esters is 1. The Labute approximate surface area is 156 Å². The predicted octanol–water partition coefficient (Wildman–Crippen LogP) is 3.27. The van der Waals surface area contributed by atoms with Crippen LogP contribution in [0.15, 0.2) is 42.5 Å². The van der Waals surface area contributed by atoms with E-state index < -0.39 is 0 Å². The third-order valence-corrected chi connectivity index (χ3v) is 4.26. The second kappa shape index (κ2) is 8.10. The molecule has 0 atom stereocenters. The summed E-state index contributed by atoms with van der Waals surface area (Å²) in [7, 11) is 1.32. The van der Waals surface area contributed by atoms with Crippen LogP contribution in [-0.4, -0.2) is 37.2 Å². The van der Waals surface area contributed by atoms with Crippen molar-refractivity contribution in [3.8, 4) is 11.5 Å². The molecule has 0 spiro atoms. The summed E-state index contributed by atoms with van der Waals surface area (Å²) in [4.78, 5) is 26.1. The standard InChI is InChI=1S/C19H18ClNO5/c1-24-18(22)8-9-21(11-13-2-5-15(20)6-3-13)19(23)14-4-7-16-17(10-14)26-12-25-16/h2-7,10H,8-9,11-12H2,1H3. The lowest BCUT2D eigenvalue weighted by Gasteiger charge is -2.23. The topological polar surface area (TPSA) is 65.1 Å². The van der Waals surface area contributed by atoms with Gasteiger partial charge in [0.2, 0.25) is 6.79 Å². The smallest absolute Gasteiger partial charge is 0.307 e. The van der Waals surface area contributed by atoms with E-state index >= 15 is 0 Å². The number of halogens is 1. The Hall–Kier alpha value is -2.73. The van der Waals surface area contributed by atoms with Crippen molar-refractivity contribution >= 4 is 23.5 Å². The van der Waals surface area contributed by atoms with E-state index in [0.717, 1.165) is 5.56 Å². The molecule has 7 heteroatoms.